The molecule has 1 aromatic heterocycles. The third-order valence-corrected chi connectivity index (χ3v) is 4.70. The summed E-state index contributed by atoms with van der Waals surface area (Å²) in [6, 6.07) is 11.5. The Morgan fingerprint density at radius 3 is 2.74 bits per heavy atom. The van der Waals surface area contributed by atoms with Crippen molar-refractivity contribution in [2.24, 2.45) is 0 Å². The topological polar surface area (TPSA) is 68.5 Å². The lowest BCUT2D eigenvalue weighted by Gasteiger charge is -2.16. The number of hydrogen-bond donors (Lipinski definition) is 0. The van der Waals surface area contributed by atoms with E-state index in [1.54, 1.807) is 25.3 Å². The molecular weight excluding hydrogens is 373 g/mol. The molecule has 4 rings (SSSR count). The van der Waals surface area contributed by atoms with Crippen LogP contribution >= 0.6 is 11.6 Å². The number of amides is 1. The van der Waals surface area contributed by atoms with Crippen molar-refractivity contribution >= 4 is 23.2 Å². The van der Waals surface area contributed by atoms with Gasteiger partial charge in [-0.3, -0.25) is 4.79 Å². The molecule has 0 N–H and O–H groups in total. The molecule has 0 spiro atoms. The minimum atomic E-state index is -0.541. The summed E-state index contributed by atoms with van der Waals surface area (Å²) in [7, 11) is 1.59. The van der Waals surface area contributed by atoms with E-state index in [-0.39, 0.29) is 35.5 Å². The first-order valence-corrected chi connectivity index (χ1v) is 8.66. The smallest absolute Gasteiger partial charge is 0.232 e. The van der Waals surface area contributed by atoms with E-state index < -0.39 is 5.82 Å². The summed E-state index contributed by atoms with van der Waals surface area (Å²) in [5.74, 6) is 0.463. The second-order valence-electron chi connectivity index (χ2n) is 6.19. The van der Waals surface area contributed by atoms with Crippen LogP contribution in [-0.2, 0) is 4.79 Å². The average Bonchev–Trinajstić information content (AvgIpc) is 3.29. The van der Waals surface area contributed by atoms with Crippen LogP contribution in [0.25, 0.3) is 11.4 Å². The van der Waals surface area contributed by atoms with E-state index in [0.717, 1.165) is 11.3 Å². The summed E-state index contributed by atoms with van der Waals surface area (Å²) in [5.41, 5.74) is 0.970. The van der Waals surface area contributed by atoms with Crippen molar-refractivity contribution in [3.8, 4) is 17.1 Å². The van der Waals surface area contributed by atoms with Gasteiger partial charge in [0.15, 0.2) is 0 Å². The van der Waals surface area contributed by atoms with Crippen molar-refractivity contribution in [2.45, 2.75) is 12.3 Å². The van der Waals surface area contributed by atoms with Crippen LogP contribution in [0.2, 0.25) is 5.02 Å². The highest BCUT2D eigenvalue weighted by Gasteiger charge is 2.36. The molecule has 0 saturated carbocycles. The van der Waals surface area contributed by atoms with Crippen molar-refractivity contribution in [3.63, 3.8) is 0 Å². The van der Waals surface area contributed by atoms with Gasteiger partial charge in [-0.25, -0.2) is 4.39 Å². The van der Waals surface area contributed by atoms with Crippen LogP contribution in [-0.4, -0.2) is 29.7 Å². The summed E-state index contributed by atoms with van der Waals surface area (Å²) >= 11 is 5.78. The second kappa shape index (κ2) is 7.00. The molecule has 1 atom stereocenters. The number of carbonyl (C=O) groups excluding carboxylic acids is 1. The van der Waals surface area contributed by atoms with Crippen molar-refractivity contribution in [3.05, 3.63) is 59.2 Å². The summed E-state index contributed by atoms with van der Waals surface area (Å²) in [4.78, 5) is 18.2. The highest BCUT2D eigenvalue weighted by Crippen LogP contribution is 2.34. The van der Waals surface area contributed by atoms with E-state index in [1.165, 1.54) is 17.0 Å². The zero-order chi connectivity index (χ0) is 19.0. The van der Waals surface area contributed by atoms with E-state index in [4.69, 9.17) is 20.9 Å². The van der Waals surface area contributed by atoms with Crippen LogP contribution in [0.4, 0.5) is 10.1 Å². The Morgan fingerprint density at radius 1 is 1.26 bits per heavy atom. The number of nitrogens with zero attached hydrogens (tertiary/aromatic N) is 3. The Hall–Kier alpha value is -2.93. The number of halogens is 2. The maximum atomic E-state index is 14.2. The van der Waals surface area contributed by atoms with Crippen LogP contribution in [0, 0.1) is 5.82 Å². The molecule has 1 amide bonds. The van der Waals surface area contributed by atoms with Gasteiger partial charge < -0.3 is 14.2 Å². The Kier molecular flexibility index (Phi) is 4.53. The maximum Gasteiger partial charge on any atom is 0.232 e. The Labute approximate surface area is 159 Å². The van der Waals surface area contributed by atoms with Gasteiger partial charge in [-0.05, 0) is 42.5 Å². The molecule has 1 unspecified atom stereocenters. The number of anilines is 1. The fourth-order valence-electron chi connectivity index (χ4n) is 3.06. The lowest BCUT2D eigenvalue weighted by atomic mass is 10.1. The first-order valence-electron chi connectivity index (χ1n) is 8.28. The Bertz CT molecular complexity index is 990. The number of hydrogen-bond acceptors (Lipinski definition) is 5. The molecule has 3 aromatic rings. The minimum absolute atomic E-state index is 0.173. The molecule has 8 heteroatoms. The van der Waals surface area contributed by atoms with Crippen molar-refractivity contribution in [2.75, 3.05) is 18.6 Å². The number of rotatable bonds is 4. The summed E-state index contributed by atoms with van der Waals surface area (Å²) in [6.07, 6.45) is 0.173. The Morgan fingerprint density at radius 2 is 2.04 bits per heavy atom. The molecule has 138 valence electrons. The Balaban J connectivity index is 1.54. The fraction of sp³-hybridized carbons (Fsp3) is 0.211. The van der Waals surface area contributed by atoms with Crippen molar-refractivity contribution in [1.82, 2.24) is 10.1 Å². The highest BCUT2D eigenvalue weighted by atomic mass is 35.5. The zero-order valence-electron chi connectivity index (χ0n) is 14.4. The standard InChI is InChI=1S/C19H15ClFN3O3/c1-26-14-5-2-11(3-6-14)18-22-19(27-23-18)12-8-17(25)24(10-12)16-7-4-13(20)9-15(16)21/h2-7,9,12H,8,10H2,1H3. The number of aromatic nitrogens is 2. The molecule has 1 saturated heterocycles. The second-order valence-corrected chi connectivity index (χ2v) is 6.62. The van der Waals surface area contributed by atoms with Gasteiger partial charge in [0.25, 0.3) is 0 Å². The average molecular weight is 388 g/mol. The van der Waals surface area contributed by atoms with Crippen LogP contribution < -0.4 is 9.64 Å². The van der Waals surface area contributed by atoms with Crippen LogP contribution in [0.1, 0.15) is 18.2 Å². The monoisotopic (exact) mass is 387 g/mol. The molecule has 1 aliphatic rings. The molecule has 1 aliphatic heterocycles. The third kappa shape index (κ3) is 3.38. The van der Waals surface area contributed by atoms with Gasteiger partial charge in [0.1, 0.15) is 11.6 Å². The van der Waals surface area contributed by atoms with Crippen LogP contribution in [0.5, 0.6) is 5.75 Å². The third-order valence-electron chi connectivity index (χ3n) is 4.46. The quantitative estimate of drug-likeness (QED) is 0.675. The summed E-state index contributed by atoms with van der Waals surface area (Å²) in [5, 5.41) is 4.27. The number of benzene rings is 2. The molecular formula is C19H15ClFN3O3. The number of ether oxygens (including phenoxy) is 1. The van der Waals surface area contributed by atoms with E-state index >= 15 is 0 Å². The minimum Gasteiger partial charge on any atom is -0.497 e. The van der Waals surface area contributed by atoms with E-state index in [2.05, 4.69) is 10.1 Å². The highest BCUT2D eigenvalue weighted by molar-refractivity contribution is 6.30. The molecule has 0 bridgehead atoms. The van der Waals surface area contributed by atoms with Gasteiger partial charge in [0.05, 0.1) is 18.7 Å². The largest absolute Gasteiger partial charge is 0.497 e. The predicted molar refractivity (Wildman–Crippen MR) is 97.4 cm³/mol. The maximum absolute atomic E-state index is 14.2. The zero-order valence-corrected chi connectivity index (χ0v) is 15.1. The first kappa shape index (κ1) is 17.5. The molecule has 1 fully saturated rings. The van der Waals surface area contributed by atoms with Gasteiger partial charge in [-0.2, -0.15) is 4.98 Å². The van der Waals surface area contributed by atoms with Crippen LogP contribution in [0.3, 0.4) is 0 Å². The predicted octanol–water partition coefficient (Wildman–Crippen LogP) is 4.06. The number of carbonyl (C=O) groups is 1. The molecule has 27 heavy (non-hydrogen) atoms. The molecule has 6 nitrogen and oxygen atoms in total. The van der Waals surface area contributed by atoms with E-state index in [9.17, 15) is 9.18 Å². The number of methoxy groups -OCH3 is 1. The van der Waals surface area contributed by atoms with E-state index in [1.807, 2.05) is 12.1 Å². The molecule has 2 aromatic carbocycles. The fourth-order valence-corrected chi connectivity index (χ4v) is 3.22. The normalized spacial score (nSPS) is 16.8. The van der Waals surface area contributed by atoms with Gasteiger partial charge in [0, 0.05) is 23.6 Å². The van der Waals surface area contributed by atoms with Crippen molar-refractivity contribution < 1.29 is 18.4 Å². The lowest BCUT2D eigenvalue weighted by molar-refractivity contribution is -0.117. The van der Waals surface area contributed by atoms with Gasteiger partial charge in [-0.1, -0.05) is 16.8 Å². The van der Waals surface area contributed by atoms with Gasteiger partial charge in [-0.15, -0.1) is 0 Å². The van der Waals surface area contributed by atoms with Gasteiger partial charge in [0.2, 0.25) is 17.6 Å². The summed E-state index contributed by atoms with van der Waals surface area (Å²) in [6.45, 7) is 0.266. The molecule has 2 heterocycles. The van der Waals surface area contributed by atoms with E-state index in [0.29, 0.717) is 11.7 Å². The van der Waals surface area contributed by atoms with Crippen LogP contribution in [0.15, 0.2) is 47.0 Å². The lowest BCUT2D eigenvalue weighted by Crippen LogP contribution is -2.25. The van der Waals surface area contributed by atoms with Gasteiger partial charge >= 0.3 is 0 Å². The molecule has 0 radical (unpaired) electrons. The first-order chi connectivity index (χ1) is 13.0. The SMILES string of the molecule is COc1ccc(-c2noc(C3CC(=O)N(c4ccc(Cl)cc4F)C3)n2)cc1. The van der Waals surface area contributed by atoms with Crippen molar-refractivity contribution in [1.29, 1.82) is 0 Å². The molecule has 0 aliphatic carbocycles. The summed E-state index contributed by atoms with van der Waals surface area (Å²) < 4.78 is 24.6.